The van der Waals surface area contributed by atoms with Crippen LogP contribution in [0.1, 0.15) is 43.4 Å². The van der Waals surface area contributed by atoms with E-state index in [0.29, 0.717) is 19.6 Å². The molecule has 0 bridgehead atoms. The third-order valence-electron chi connectivity index (χ3n) is 7.61. The lowest BCUT2D eigenvalue weighted by molar-refractivity contribution is -0.317. The number of carbonyl (C=O) groups is 3. The standard InChI is InChI=1S/C38H47N3O11/c1-3-22-47-33-32(43)30(52-35(46-4-2)34(33)49-23-27-14-8-5-9-15-27)26-48-31(42)20-21-39-36(40-37(44)50-24-28-16-10-6-11-17-28)41-38(45)51-25-29-18-12-7-13-19-29/h5-19,30,32-35,43H,3-4,20-26H2,1-2H3,(H2,39,40,41,44,45)/t30-,32-,33+,34-,35?/m1/s1. The minimum Gasteiger partial charge on any atom is -0.463 e. The summed E-state index contributed by atoms with van der Waals surface area (Å²) in [4.78, 5) is 42.0. The minimum atomic E-state index is -1.20. The van der Waals surface area contributed by atoms with E-state index in [2.05, 4.69) is 15.6 Å². The molecule has 2 amide bonds. The van der Waals surface area contributed by atoms with E-state index in [1.165, 1.54) is 0 Å². The Morgan fingerprint density at radius 3 is 1.77 bits per heavy atom. The summed E-state index contributed by atoms with van der Waals surface area (Å²) < 4.78 is 40.0. The van der Waals surface area contributed by atoms with Gasteiger partial charge in [-0.05, 0) is 30.0 Å². The normalized spacial score (nSPS) is 19.6. The molecule has 3 N–H and O–H groups in total. The predicted molar refractivity (Wildman–Crippen MR) is 189 cm³/mol. The van der Waals surface area contributed by atoms with Crippen molar-refractivity contribution < 1.29 is 52.6 Å². The van der Waals surface area contributed by atoms with E-state index in [1.54, 1.807) is 24.3 Å². The molecule has 14 heteroatoms. The third kappa shape index (κ3) is 13.7. The molecule has 0 radical (unpaired) electrons. The van der Waals surface area contributed by atoms with Crippen molar-refractivity contribution in [3.05, 3.63) is 108 Å². The first-order valence-electron chi connectivity index (χ1n) is 17.2. The average Bonchev–Trinajstić information content (AvgIpc) is 3.16. The predicted octanol–water partition coefficient (Wildman–Crippen LogP) is 4.63. The van der Waals surface area contributed by atoms with E-state index < -0.39 is 48.9 Å². The van der Waals surface area contributed by atoms with Crippen LogP contribution in [0.4, 0.5) is 9.59 Å². The lowest BCUT2D eigenvalue weighted by atomic mass is 9.98. The van der Waals surface area contributed by atoms with E-state index in [0.717, 1.165) is 16.7 Å². The van der Waals surface area contributed by atoms with E-state index in [1.807, 2.05) is 80.6 Å². The summed E-state index contributed by atoms with van der Waals surface area (Å²) >= 11 is 0. The van der Waals surface area contributed by atoms with E-state index in [-0.39, 0.29) is 45.4 Å². The molecule has 0 aromatic heterocycles. The number of hydrogen-bond acceptors (Lipinski definition) is 12. The number of benzene rings is 3. The summed E-state index contributed by atoms with van der Waals surface area (Å²) in [5.41, 5.74) is 2.45. The lowest BCUT2D eigenvalue weighted by Crippen LogP contribution is -2.61. The van der Waals surface area contributed by atoms with Gasteiger partial charge in [0, 0.05) is 13.2 Å². The smallest absolute Gasteiger partial charge is 0.414 e. The van der Waals surface area contributed by atoms with Crippen molar-refractivity contribution in [1.82, 2.24) is 10.6 Å². The monoisotopic (exact) mass is 721 g/mol. The summed E-state index contributed by atoms with van der Waals surface area (Å²) in [7, 11) is 0. The van der Waals surface area contributed by atoms with Gasteiger partial charge < -0.3 is 38.3 Å². The second-order valence-electron chi connectivity index (χ2n) is 11.6. The number of amides is 2. The zero-order valence-electron chi connectivity index (χ0n) is 29.4. The molecule has 1 unspecified atom stereocenters. The molecule has 3 aromatic carbocycles. The number of hydrogen-bond donors (Lipinski definition) is 3. The Morgan fingerprint density at radius 2 is 1.25 bits per heavy atom. The summed E-state index contributed by atoms with van der Waals surface area (Å²) in [6.07, 6.45) is -5.92. The molecular formula is C38H47N3O11. The fourth-order valence-electron chi connectivity index (χ4n) is 5.04. The van der Waals surface area contributed by atoms with Crippen molar-refractivity contribution in [1.29, 1.82) is 0 Å². The van der Waals surface area contributed by atoms with Crippen LogP contribution in [-0.2, 0) is 57.8 Å². The molecule has 0 spiro atoms. The quantitative estimate of drug-likeness (QED) is 0.0768. The molecule has 0 saturated carbocycles. The molecule has 0 aliphatic carbocycles. The highest BCUT2D eigenvalue weighted by atomic mass is 16.7. The second kappa shape index (κ2) is 22.2. The molecule has 280 valence electrons. The summed E-state index contributed by atoms with van der Waals surface area (Å²) in [5.74, 6) is -0.953. The highest BCUT2D eigenvalue weighted by molar-refractivity contribution is 6.01. The first-order valence-corrected chi connectivity index (χ1v) is 17.2. The third-order valence-corrected chi connectivity index (χ3v) is 7.61. The lowest BCUT2D eigenvalue weighted by Gasteiger charge is -2.43. The zero-order chi connectivity index (χ0) is 37.0. The molecule has 1 saturated heterocycles. The Labute approximate surface area is 303 Å². The van der Waals surface area contributed by atoms with Crippen LogP contribution in [0.25, 0.3) is 0 Å². The first-order chi connectivity index (χ1) is 25.4. The van der Waals surface area contributed by atoms with E-state index in [4.69, 9.17) is 33.2 Å². The van der Waals surface area contributed by atoms with Crippen molar-refractivity contribution >= 4 is 24.1 Å². The van der Waals surface area contributed by atoms with E-state index >= 15 is 0 Å². The average molecular weight is 722 g/mol. The largest absolute Gasteiger partial charge is 0.463 e. The van der Waals surface area contributed by atoms with Gasteiger partial charge in [-0.2, -0.15) is 0 Å². The highest BCUT2D eigenvalue weighted by Crippen LogP contribution is 2.28. The number of carbonyl (C=O) groups excluding carboxylic acids is 3. The summed E-state index contributed by atoms with van der Waals surface area (Å²) in [6.45, 7) is 4.16. The van der Waals surface area contributed by atoms with Gasteiger partial charge in [-0.1, -0.05) is 97.9 Å². The van der Waals surface area contributed by atoms with Gasteiger partial charge in [-0.3, -0.25) is 20.4 Å². The van der Waals surface area contributed by atoms with Gasteiger partial charge in [0.15, 0.2) is 6.29 Å². The maximum atomic E-state index is 12.8. The molecule has 1 heterocycles. The van der Waals surface area contributed by atoms with Crippen molar-refractivity contribution in [3.63, 3.8) is 0 Å². The Kier molecular flexibility index (Phi) is 17.0. The molecule has 5 atom stereocenters. The summed E-state index contributed by atoms with van der Waals surface area (Å²) in [5, 5.41) is 16.0. The SMILES string of the molecule is CCCO[C@H]1[C@H](O)[C@@H](COC(=O)CCN=C(NC(=O)OCc2ccccc2)NC(=O)OCc2ccccc2)OC(OCC)[C@@H]1OCc1ccccc1. The van der Waals surface area contributed by atoms with Gasteiger partial charge in [0.25, 0.3) is 0 Å². The van der Waals surface area contributed by atoms with Gasteiger partial charge in [-0.25, -0.2) is 9.59 Å². The maximum Gasteiger partial charge on any atom is 0.414 e. The number of alkyl carbamates (subject to hydrolysis) is 2. The topological polar surface area (TPSA) is 172 Å². The first kappa shape index (κ1) is 39.9. The van der Waals surface area contributed by atoms with Crippen LogP contribution in [0.15, 0.2) is 96.0 Å². The molecule has 52 heavy (non-hydrogen) atoms. The fraction of sp³-hybridized carbons (Fsp3) is 0.421. The molecule has 1 fully saturated rings. The van der Waals surface area contributed by atoms with Crippen LogP contribution in [-0.4, -0.2) is 86.3 Å². The molecule has 1 aliphatic rings. The van der Waals surface area contributed by atoms with Crippen molar-refractivity contribution in [2.75, 3.05) is 26.4 Å². The molecule has 4 rings (SSSR count). The Balaban J connectivity index is 1.33. The minimum absolute atomic E-state index is 0.0196. The molecule has 1 aliphatic heterocycles. The van der Waals surface area contributed by atoms with Crippen LogP contribution < -0.4 is 10.6 Å². The molecule has 3 aromatic rings. The molecule has 14 nitrogen and oxygen atoms in total. The number of aliphatic hydroxyl groups is 1. The number of rotatable bonds is 17. The van der Waals surface area contributed by atoms with Crippen LogP contribution >= 0.6 is 0 Å². The highest BCUT2D eigenvalue weighted by Gasteiger charge is 2.47. The van der Waals surface area contributed by atoms with Gasteiger partial charge in [0.05, 0.1) is 19.6 Å². The number of esters is 1. The number of guanidine groups is 1. The number of aliphatic hydroxyl groups excluding tert-OH is 1. The van der Waals surface area contributed by atoms with Crippen LogP contribution in [0, 0.1) is 0 Å². The van der Waals surface area contributed by atoms with Gasteiger partial charge >= 0.3 is 18.2 Å². The molecular weight excluding hydrogens is 674 g/mol. The van der Waals surface area contributed by atoms with Crippen molar-refractivity contribution in [3.8, 4) is 0 Å². The Bertz CT molecular complexity index is 1470. The number of nitrogens with zero attached hydrogens (tertiary/aromatic N) is 1. The van der Waals surface area contributed by atoms with Gasteiger partial charge in [0.1, 0.15) is 44.2 Å². The zero-order valence-corrected chi connectivity index (χ0v) is 29.4. The van der Waals surface area contributed by atoms with Crippen molar-refractivity contribution in [2.24, 2.45) is 4.99 Å². The van der Waals surface area contributed by atoms with E-state index in [9.17, 15) is 19.5 Å². The van der Waals surface area contributed by atoms with Crippen molar-refractivity contribution in [2.45, 2.75) is 77.2 Å². The maximum absolute atomic E-state index is 12.8. The fourth-order valence-corrected chi connectivity index (χ4v) is 5.04. The van der Waals surface area contributed by atoms with Crippen LogP contribution in [0.3, 0.4) is 0 Å². The summed E-state index contributed by atoms with van der Waals surface area (Å²) in [6, 6.07) is 27.6. The number of aliphatic imine (C=N–C) groups is 1. The number of nitrogens with one attached hydrogen (secondary N) is 2. The van der Waals surface area contributed by atoms with Crippen LogP contribution in [0.2, 0.25) is 0 Å². The second-order valence-corrected chi connectivity index (χ2v) is 11.6. The Hall–Kier alpha value is -4.86. The van der Waals surface area contributed by atoms with Gasteiger partial charge in [0.2, 0.25) is 5.96 Å². The van der Waals surface area contributed by atoms with Crippen LogP contribution in [0.5, 0.6) is 0 Å². The number of ether oxygens (including phenoxy) is 7. The van der Waals surface area contributed by atoms with Gasteiger partial charge in [-0.15, -0.1) is 0 Å². The Morgan fingerprint density at radius 1 is 0.712 bits per heavy atom.